The Morgan fingerprint density at radius 3 is 2.67 bits per heavy atom. The minimum atomic E-state index is -1.26. The minimum Gasteiger partial charge on any atom is -0.530 e. The van der Waals surface area contributed by atoms with Crippen molar-refractivity contribution in [2.45, 2.75) is 13.0 Å². The molecule has 21 heavy (non-hydrogen) atoms. The molecule has 0 spiro atoms. The molecule has 0 saturated carbocycles. The number of fused-ring (bicyclic) bond motifs is 3. The van der Waals surface area contributed by atoms with Crippen molar-refractivity contribution in [3.05, 3.63) is 52.0 Å². The molecular formula is C16H13BrNO3-. The molecule has 0 heterocycles. The van der Waals surface area contributed by atoms with Crippen LogP contribution in [0, 0.1) is 0 Å². The molecule has 1 unspecified atom stereocenters. The molecule has 1 atom stereocenters. The molecule has 3 rings (SSSR count). The molecule has 2 aromatic rings. The van der Waals surface area contributed by atoms with E-state index < -0.39 is 12.2 Å². The van der Waals surface area contributed by atoms with E-state index in [-0.39, 0.29) is 6.54 Å². The van der Waals surface area contributed by atoms with Crippen LogP contribution in [0.1, 0.15) is 24.2 Å². The molecule has 0 aromatic heterocycles. The molecule has 1 amide bonds. The van der Waals surface area contributed by atoms with Crippen molar-refractivity contribution in [3.8, 4) is 11.1 Å². The number of benzene rings is 2. The van der Waals surface area contributed by atoms with E-state index in [4.69, 9.17) is 0 Å². The predicted molar refractivity (Wildman–Crippen MR) is 82.1 cm³/mol. The largest absolute Gasteiger partial charge is 0.530 e. The molecule has 0 bridgehead atoms. The third-order valence-corrected chi connectivity index (χ3v) is 4.42. The first kappa shape index (κ1) is 14.1. The van der Waals surface area contributed by atoms with Crippen LogP contribution in [-0.2, 0) is 0 Å². The van der Waals surface area contributed by atoms with Gasteiger partial charge in [-0.05, 0) is 57.2 Å². The van der Waals surface area contributed by atoms with Crippen LogP contribution in [0.5, 0.6) is 0 Å². The predicted octanol–water partition coefficient (Wildman–Crippen LogP) is 2.68. The van der Waals surface area contributed by atoms with Gasteiger partial charge in [-0.25, -0.2) is 0 Å². The van der Waals surface area contributed by atoms with Crippen molar-refractivity contribution in [1.82, 2.24) is 0 Å². The Balaban J connectivity index is 2.18. The Bertz CT molecular complexity index is 729. The summed E-state index contributed by atoms with van der Waals surface area (Å²) in [5.41, 5.74) is 3.94. The highest BCUT2D eigenvalue weighted by molar-refractivity contribution is 9.10. The minimum absolute atomic E-state index is 0.281. The first-order valence-electron chi connectivity index (χ1n) is 6.64. The second-order valence-electron chi connectivity index (χ2n) is 4.89. The summed E-state index contributed by atoms with van der Waals surface area (Å²) < 4.78 is 0.663. The molecule has 108 valence electrons. The first-order chi connectivity index (χ1) is 10.0. The Morgan fingerprint density at radius 2 is 2.00 bits per heavy atom. The van der Waals surface area contributed by atoms with Gasteiger partial charge in [0.25, 0.3) is 0 Å². The number of carbonyl (C=O) groups is 1. The number of halogens is 1. The molecule has 2 aromatic carbocycles. The number of hydrogen-bond donors (Lipinski definition) is 1. The molecule has 0 aliphatic heterocycles. The molecule has 1 aliphatic carbocycles. The standard InChI is InChI=1S/C16H14BrNO3/c1-2-18(16(20)21)14-8-12-11(7-13(14)17)9-5-3-4-6-10(9)15(12)19/h3-8,15,19H,2H2,1H3,(H,20,21)/p-1. The summed E-state index contributed by atoms with van der Waals surface area (Å²) in [6.45, 7) is 2.02. The summed E-state index contributed by atoms with van der Waals surface area (Å²) in [4.78, 5) is 12.4. The van der Waals surface area contributed by atoms with Crippen molar-refractivity contribution in [2.24, 2.45) is 0 Å². The summed E-state index contributed by atoms with van der Waals surface area (Å²) in [5, 5.41) is 21.7. The average molecular weight is 347 g/mol. The zero-order valence-corrected chi connectivity index (χ0v) is 12.9. The number of rotatable bonds is 2. The Morgan fingerprint density at radius 1 is 1.29 bits per heavy atom. The molecule has 1 aliphatic rings. The highest BCUT2D eigenvalue weighted by atomic mass is 79.9. The van der Waals surface area contributed by atoms with E-state index in [0.29, 0.717) is 15.7 Å². The summed E-state index contributed by atoms with van der Waals surface area (Å²) >= 11 is 3.42. The maximum Gasteiger partial charge on any atom is 0.141 e. The van der Waals surface area contributed by atoms with Crippen LogP contribution in [0.2, 0.25) is 0 Å². The van der Waals surface area contributed by atoms with Gasteiger partial charge in [0, 0.05) is 11.0 Å². The summed E-state index contributed by atoms with van der Waals surface area (Å²) in [5.74, 6) is 0. The van der Waals surface area contributed by atoms with E-state index in [2.05, 4.69) is 15.9 Å². The molecule has 1 N–H and O–H groups in total. The van der Waals surface area contributed by atoms with Crippen LogP contribution in [0.25, 0.3) is 11.1 Å². The van der Waals surface area contributed by atoms with Gasteiger partial charge < -0.3 is 19.9 Å². The highest BCUT2D eigenvalue weighted by Gasteiger charge is 2.28. The van der Waals surface area contributed by atoms with Gasteiger partial charge in [0.2, 0.25) is 0 Å². The number of aliphatic hydroxyl groups is 1. The van der Waals surface area contributed by atoms with Gasteiger partial charge >= 0.3 is 0 Å². The van der Waals surface area contributed by atoms with Crippen LogP contribution < -0.4 is 10.0 Å². The maximum atomic E-state index is 11.2. The second-order valence-corrected chi connectivity index (χ2v) is 5.75. The molecule has 0 fully saturated rings. The van der Waals surface area contributed by atoms with Gasteiger partial charge in [-0.1, -0.05) is 24.3 Å². The number of hydrogen-bond acceptors (Lipinski definition) is 3. The fourth-order valence-electron chi connectivity index (χ4n) is 2.79. The van der Waals surface area contributed by atoms with Crippen LogP contribution in [0.15, 0.2) is 40.9 Å². The zero-order chi connectivity index (χ0) is 15.1. The number of amides is 1. The van der Waals surface area contributed by atoms with Gasteiger partial charge in [0.1, 0.15) is 12.2 Å². The second kappa shape index (κ2) is 5.16. The van der Waals surface area contributed by atoms with Crippen LogP contribution >= 0.6 is 15.9 Å². The third-order valence-electron chi connectivity index (χ3n) is 3.79. The van der Waals surface area contributed by atoms with Gasteiger partial charge in [-0.2, -0.15) is 0 Å². The monoisotopic (exact) mass is 346 g/mol. The number of anilines is 1. The summed E-state index contributed by atoms with van der Waals surface area (Å²) in [6, 6.07) is 11.2. The summed E-state index contributed by atoms with van der Waals surface area (Å²) in [7, 11) is 0. The Kier molecular flexibility index (Phi) is 3.47. The van der Waals surface area contributed by atoms with Crippen LogP contribution in [0.4, 0.5) is 10.5 Å². The van der Waals surface area contributed by atoms with Gasteiger partial charge in [0.15, 0.2) is 0 Å². The lowest BCUT2D eigenvalue weighted by Crippen LogP contribution is -2.41. The zero-order valence-electron chi connectivity index (χ0n) is 11.3. The SMILES string of the molecule is CCN(C(=O)[O-])c1cc2c(cc1Br)-c1ccccc1C2O. The van der Waals surface area contributed by atoms with Gasteiger partial charge in [0.05, 0.1) is 5.69 Å². The van der Waals surface area contributed by atoms with E-state index in [1.165, 1.54) is 0 Å². The average Bonchev–Trinajstić information content (AvgIpc) is 2.73. The van der Waals surface area contributed by atoms with E-state index in [9.17, 15) is 15.0 Å². The lowest BCUT2D eigenvalue weighted by atomic mass is 10.1. The van der Waals surface area contributed by atoms with Crippen molar-refractivity contribution >= 4 is 27.7 Å². The fourth-order valence-corrected chi connectivity index (χ4v) is 3.35. The highest BCUT2D eigenvalue weighted by Crippen LogP contribution is 2.46. The van der Waals surface area contributed by atoms with Gasteiger partial charge in [-0.15, -0.1) is 0 Å². The lowest BCUT2D eigenvalue weighted by molar-refractivity contribution is -0.246. The van der Waals surface area contributed by atoms with Crippen LogP contribution in [0.3, 0.4) is 0 Å². The number of aliphatic hydroxyl groups excluding tert-OH is 1. The number of carbonyl (C=O) groups excluding carboxylic acids is 1. The Labute approximate surface area is 130 Å². The van der Waals surface area contributed by atoms with Crippen molar-refractivity contribution in [1.29, 1.82) is 0 Å². The molecule has 0 saturated heterocycles. The van der Waals surface area contributed by atoms with Crippen molar-refractivity contribution < 1.29 is 15.0 Å². The fraction of sp³-hybridized carbons (Fsp3) is 0.188. The van der Waals surface area contributed by atoms with Crippen molar-refractivity contribution in [3.63, 3.8) is 0 Å². The molecule has 0 radical (unpaired) electrons. The van der Waals surface area contributed by atoms with Crippen molar-refractivity contribution in [2.75, 3.05) is 11.4 Å². The third kappa shape index (κ3) is 2.13. The smallest absolute Gasteiger partial charge is 0.141 e. The van der Waals surface area contributed by atoms with Crippen LogP contribution in [-0.4, -0.2) is 17.7 Å². The van der Waals surface area contributed by atoms with E-state index in [1.54, 1.807) is 13.0 Å². The Hall–Kier alpha value is -1.85. The molecule has 4 nitrogen and oxygen atoms in total. The number of nitrogens with zero attached hydrogens (tertiary/aromatic N) is 1. The van der Waals surface area contributed by atoms with Gasteiger partial charge in [-0.3, -0.25) is 0 Å². The maximum absolute atomic E-state index is 11.2. The normalized spacial score (nSPS) is 15.5. The topological polar surface area (TPSA) is 63.6 Å². The first-order valence-corrected chi connectivity index (χ1v) is 7.43. The van der Waals surface area contributed by atoms with E-state index in [0.717, 1.165) is 21.6 Å². The molecular weight excluding hydrogens is 334 g/mol. The quantitative estimate of drug-likeness (QED) is 0.909. The summed E-state index contributed by atoms with van der Waals surface area (Å²) in [6.07, 6.45) is -1.99. The lowest BCUT2D eigenvalue weighted by Gasteiger charge is -2.25. The van der Waals surface area contributed by atoms with E-state index >= 15 is 0 Å². The van der Waals surface area contributed by atoms with E-state index in [1.807, 2.05) is 30.3 Å². The number of carboxylic acid groups (broad SMARTS) is 1. The molecule has 5 heteroatoms.